The maximum absolute atomic E-state index is 5.38. The van der Waals surface area contributed by atoms with E-state index in [4.69, 9.17) is 9.47 Å². The van der Waals surface area contributed by atoms with Gasteiger partial charge in [-0.3, -0.25) is 0 Å². The van der Waals surface area contributed by atoms with Crippen molar-refractivity contribution in [1.82, 2.24) is 9.97 Å². The summed E-state index contributed by atoms with van der Waals surface area (Å²) in [6, 6.07) is 15.8. The molecule has 0 aliphatic heterocycles. The third-order valence-electron chi connectivity index (χ3n) is 3.59. The summed E-state index contributed by atoms with van der Waals surface area (Å²) in [6.45, 7) is 0.683. The Balaban J connectivity index is 1.69. The first-order chi connectivity index (χ1) is 11.3. The van der Waals surface area contributed by atoms with Crippen LogP contribution in [0, 0.1) is 0 Å². The number of H-pyrrole nitrogens is 1. The summed E-state index contributed by atoms with van der Waals surface area (Å²) in [5, 5.41) is 3.28. The second-order valence-electron chi connectivity index (χ2n) is 5.05. The standard InChI is InChI=1S/C18H19N3O2/c1-22-14-9-7-13(8-10-14)11-19-18-20-12-16(21-18)15-5-3-4-6-17(15)23-2/h3-10,12H,11H2,1-2H3,(H2,19,20,21). The second-order valence-corrected chi connectivity index (χ2v) is 5.05. The van der Waals surface area contributed by atoms with E-state index in [0.29, 0.717) is 6.54 Å². The summed E-state index contributed by atoms with van der Waals surface area (Å²) in [6.07, 6.45) is 1.80. The van der Waals surface area contributed by atoms with E-state index in [0.717, 1.165) is 34.3 Å². The van der Waals surface area contributed by atoms with Crippen LogP contribution in [0.25, 0.3) is 11.3 Å². The number of aromatic nitrogens is 2. The average molecular weight is 309 g/mol. The Kier molecular flexibility index (Phi) is 4.47. The first kappa shape index (κ1) is 15.0. The molecule has 3 aromatic rings. The molecule has 0 aliphatic rings. The Bertz CT molecular complexity index is 766. The molecule has 0 amide bonds. The van der Waals surface area contributed by atoms with Crippen molar-refractivity contribution >= 4 is 5.95 Å². The fourth-order valence-corrected chi connectivity index (χ4v) is 2.34. The van der Waals surface area contributed by atoms with Gasteiger partial charge in [0.05, 0.1) is 26.1 Å². The van der Waals surface area contributed by atoms with Gasteiger partial charge in [-0.2, -0.15) is 0 Å². The van der Waals surface area contributed by atoms with Gasteiger partial charge in [0.25, 0.3) is 0 Å². The van der Waals surface area contributed by atoms with E-state index >= 15 is 0 Å². The molecule has 2 N–H and O–H groups in total. The molecule has 118 valence electrons. The Labute approximate surface area is 135 Å². The van der Waals surface area contributed by atoms with E-state index in [9.17, 15) is 0 Å². The zero-order valence-electron chi connectivity index (χ0n) is 13.2. The van der Waals surface area contributed by atoms with Crippen molar-refractivity contribution < 1.29 is 9.47 Å². The third-order valence-corrected chi connectivity index (χ3v) is 3.59. The zero-order valence-corrected chi connectivity index (χ0v) is 13.2. The van der Waals surface area contributed by atoms with Gasteiger partial charge in [-0.05, 0) is 29.8 Å². The molecule has 0 unspecified atom stereocenters. The fraction of sp³-hybridized carbons (Fsp3) is 0.167. The summed E-state index contributed by atoms with van der Waals surface area (Å²) >= 11 is 0. The van der Waals surface area contributed by atoms with Crippen LogP contribution in [-0.4, -0.2) is 24.2 Å². The number of imidazole rings is 1. The number of methoxy groups -OCH3 is 2. The van der Waals surface area contributed by atoms with Crippen molar-refractivity contribution in [2.75, 3.05) is 19.5 Å². The van der Waals surface area contributed by atoms with Gasteiger partial charge in [0, 0.05) is 12.1 Å². The van der Waals surface area contributed by atoms with E-state index < -0.39 is 0 Å². The highest BCUT2D eigenvalue weighted by Gasteiger charge is 2.08. The predicted molar refractivity (Wildman–Crippen MR) is 90.9 cm³/mol. The molecule has 0 fully saturated rings. The second kappa shape index (κ2) is 6.87. The van der Waals surface area contributed by atoms with E-state index in [-0.39, 0.29) is 0 Å². The van der Waals surface area contributed by atoms with Gasteiger partial charge in [-0.25, -0.2) is 4.98 Å². The third kappa shape index (κ3) is 3.45. The number of nitrogens with one attached hydrogen (secondary N) is 2. The number of nitrogens with zero attached hydrogens (tertiary/aromatic N) is 1. The SMILES string of the molecule is COc1ccc(CNc2ncc(-c3ccccc3OC)[nH]2)cc1. The van der Waals surface area contributed by atoms with Crippen molar-refractivity contribution in [2.45, 2.75) is 6.54 Å². The molecule has 1 heterocycles. The minimum absolute atomic E-state index is 0.683. The quantitative estimate of drug-likeness (QED) is 0.729. The first-order valence-corrected chi connectivity index (χ1v) is 7.35. The molecule has 0 aliphatic carbocycles. The molecule has 5 nitrogen and oxygen atoms in total. The average Bonchev–Trinajstić information content (AvgIpc) is 3.09. The van der Waals surface area contributed by atoms with Gasteiger partial charge in [0.15, 0.2) is 0 Å². The van der Waals surface area contributed by atoms with Crippen LogP contribution < -0.4 is 14.8 Å². The van der Waals surface area contributed by atoms with Crippen LogP contribution in [0.1, 0.15) is 5.56 Å². The topological polar surface area (TPSA) is 59.2 Å². The lowest BCUT2D eigenvalue weighted by Crippen LogP contribution is -2.00. The summed E-state index contributed by atoms with van der Waals surface area (Å²) in [7, 11) is 3.33. The Morgan fingerprint density at radius 2 is 1.78 bits per heavy atom. The first-order valence-electron chi connectivity index (χ1n) is 7.35. The number of benzene rings is 2. The molecule has 0 radical (unpaired) electrons. The molecular weight excluding hydrogens is 290 g/mol. The van der Waals surface area contributed by atoms with Crippen molar-refractivity contribution in [2.24, 2.45) is 0 Å². The predicted octanol–water partition coefficient (Wildman–Crippen LogP) is 3.71. The number of ether oxygens (including phenoxy) is 2. The molecule has 0 spiro atoms. The largest absolute Gasteiger partial charge is 0.497 e. The van der Waals surface area contributed by atoms with Crippen LogP contribution in [0.15, 0.2) is 54.7 Å². The monoisotopic (exact) mass is 309 g/mol. The van der Waals surface area contributed by atoms with Crippen LogP contribution >= 0.6 is 0 Å². The number of rotatable bonds is 6. The van der Waals surface area contributed by atoms with E-state index in [1.807, 2.05) is 48.5 Å². The number of hydrogen-bond acceptors (Lipinski definition) is 4. The molecule has 2 aromatic carbocycles. The molecule has 0 saturated heterocycles. The molecule has 1 aromatic heterocycles. The molecule has 3 rings (SSSR count). The molecule has 0 bridgehead atoms. The smallest absolute Gasteiger partial charge is 0.200 e. The van der Waals surface area contributed by atoms with Crippen molar-refractivity contribution in [3.8, 4) is 22.8 Å². The van der Waals surface area contributed by atoms with E-state index in [2.05, 4.69) is 15.3 Å². The van der Waals surface area contributed by atoms with Crippen molar-refractivity contribution in [3.63, 3.8) is 0 Å². The van der Waals surface area contributed by atoms with Crippen LogP contribution in [-0.2, 0) is 6.54 Å². The highest BCUT2D eigenvalue weighted by Crippen LogP contribution is 2.28. The zero-order chi connectivity index (χ0) is 16.1. The summed E-state index contributed by atoms with van der Waals surface area (Å²) in [5.74, 6) is 2.39. The van der Waals surface area contributed by atoms with Crippen molar-refractivity contribution in [3.05, 3.63) is 60.3 Å². The molecule has 0 saturated carbocycles. The van der Waals surface area contributed by atoms with Crippen LogP contribution in [0.3, 0.4) is 0 Å². The molecule has 0 atom stereocenters. The maximum Gasteiger partial charge on any atom is 0.200 e. The highest BCUT2D eigenvalue weighted by atomic mass is 16.5. The minimum atomic E-state index is 0.683. The van der Waals surface area contributed by atoms with Gasteiger partial charge in [0.2, 0.25) is 5.95 Å². The van der Waals surface area contributed by atoms with Crippen LogP contribution in [0.4, 0.5) is 5.95 Å². The summed E-state index contributed by atoms with van der Waals surface area (Å²) in [5.41, 5.74) is 3.06. The molecular formula is C18H19N3O2. The Hall–Kier alpha value is -2.95. The molecule has 23 heavy (non-hydrogen) atoms. The van der Waals surface area contributed by atoms with E-state index in [1.54, 1.807) is 20.4 Å². The lowest BCUT2D eigenvalue weighted by atomic mass is 10.1. The fourth-order valence-electron chi connectivity index (χ4n) is 2.34. The summed E-state index contributed by atoms with van der Waals surface area (Å²) in [4.78, 5) is 7.64. The lowest BCUT2D eigenvalue weighted by Gasteiger charge is -2.06. The minimum Gasteiger partial charge on any atom is -0.497 e. The highest BCUT2D eigenvalue weighted by molar-refractivity contribution is 5.67. The van der Waals surface area contributed by atoms with Gasteiger partial charge >= 0.3 is 0 Å². The maximum atomic E-state index is 5.38. The van der Waals surface area contributed by atoms with Gasteiger partial charge in [-0.1, -0.05) is 24.3 Å². The number of anilines is 1. The van der Waals surface area contributed by atoms with Crippen LogP contribution in [0.2, 0.25) is 0 Å². The van der Waals surface area contributed by atoms with Gasteiger partial charge < -0.3 is 19.8 Å². The van der Waals surface area contributed by atoms with Crippen molar-refractivity contribution in [1.29, 1.82) is 0 Å². The number of hydrogen-bond donors (Lipinski definition) is 2. The summed E-state index contributed by atoms with van der Waals surface area (Å²) < 4.78 is 10.5. The van der Waals surface area contributed by atoms with Gasteiger partial charge in [-0.15, -0.1) is 0 Å². The van der Waals surface area contributed by atoms with Crippen LogP contribution in [0.5, 0.6) is 11.5 Å². The van der Waals surface area contributed by atoms with E-state index in [1.165, 1.54) is 0 Å². The number of aromatic amines is 1. The Morgan fingerprint density at radius 3 is 2.52 bits per heavy atom. The normalized spacial score (nSPS) is 10.3. The Morgan fingerprint density at radius 1 is 1.00 bits per heavy atom. The molecule has 5 heteroatoms. The van der Waals surface area contributed by atoms with Gasteiger partial charge in [0.1, 0.15) is 11.5 Å². The number of para-hydroxylation sites is 1. The lowest BCUT2D eigenvalue weighted by molar-refractivity contribution is 0.414.